The van der Waals surface area contributed by atoms with Crippen LogP contribution < -0.4 is 5.32 Å². The van der Waals surface area contributed by atoms with Gasteiger partial charge < -0.3 is 5.32 Å². The molecule has 2 rings (SSSR count). The minimum absolute atomic E-state index is 0.0778. The topological polar surface area (TPSA) is 29.1 Å². The number of amides is 1. The zero-order valence-electron chi connectivity index (χ0n) is 9.25. The molecule has 0 saturated carbocycles. The van der Waals surface area contributed by atoms with Gasteiger partial charge in [-0.1, -0.05) is 13.8 Å². The molecular weight excluding hydrogens is 206 g/mol. The molecule has 82 valence electrons. The Balaban J connectivity index is 2.10. The third-order valence-electron chi connectivity index (χ3n) is 2.89. The first kappa shape index (κ1) is 10.7. The van der Waals surface area contributed by atoms with E-state index in [2.05, 4.69) is 16.8 Å². The molecule has 1 aliphatic rings. The molecule has 0 spiro atoms. The van der Waals surface area contributed by atoms with E-state index in [4.69, 9.17) is 0 Å². The van der Waals surface area contributed by atoms with Crippen LogP contribution in [-0.4, -0.2) is 5.91 Å². The van der Waals surface area contributed by atoms with Gasteiger partial charge in [0.2, 0.25) is 5.91 Å². The molecule has 0 radical (unpaired) electrons. The molecule has 0 aromatic carbocycles. The highest BCUT2D eigenvalue weighted by Crippen LogP contribution is 2.33. The molecule has 15 heavy (non-hydrogen) atoms. The maximum Gasteiger partial charge on any atom is 0.223 e. The summed E-state index contributed by atoms with van der Waals surface area (Å²) in [5, 5.41) is 5.26. The van der Waals surface area contributed by atoms with Crippen molar-refractivity contribution in [3.8, 4) is 0 Å². The van der Waals surface area contributed by atoms with E-state index in [0.717, 1.165) is 6.42 Å². The maximum absolute atomic E-state index is 11.6. The quantitative estimate of drug-likeness (QED) is 0.820. The lowest BCUT2D eigenvalue weighted by Crippen LogP contribution is -2.33. The van der Waals surface area contributed by atoms with E-state index in [-0.39, 0.29) is 17.9 Å². The summed E-state index contributed by atoms with van der Waals surface area (Å²) in [6.07, 6.45) is 3.46. The highest BCUT2D eigenvalue weighted by Gasteiger charge is 2.23. The van der Waals surface area contributed by atoms with Crippen LogP contribution in [0.4, 0.5) is 0 Å². The molecule has 1 aromatic heterocycles. The van der Waals surface area contributed by atoms with Crippen LogP contribution in [0.5, 0.6) is 0 Å². The molecule has 1 aliphatic carbocycles. The standard InChI is InChI=1S/C12H17NOS/c1-8(2)12(14)13-10-4-3-5-11-9(10)6-7-15-11/h6-8,10H,3-5H2,1-2H3,(H,13,14). The first-order chi connectivity index (χ1) is 7.18. The molecule has 1 unspecified atom stereocenters. The van der Waals surface area contributed by atoms with E-state index in [1.54, 1.807) is 0 Å². The Morgan fingerprint density at radius 1 is 1.60 bits per heavy atom. The fourth-order valence-corrected chi connectivity index (χ4v) is 2.96. The minimum atomic E-state index is 0.0778. The van der Waals surface area contributed by atoms with Gasteiger partial charge in [-0.05, 0) is 36.3 Å². The van der Waals surface area contributed by atoms with Crippen LogP contribution in [0.15, 0.2) is 11.4 Å². The normalized spacial score (nSPS) is 20.1. The summed E-state index contributed by atoms with van der Waals surface area (Å²) >= 11 is 1.81. The zero-order chi connectivity index (χ0) is 10.8. The van der Waals surface area contributed by atoms with E-state index in [9.17, 15) is 4.79 Å². The number of carbonyl (C=O) groups is 1. The number of carbonyl (C=O) groups excluding carboxylic acids is 1. The average Bonchev–Trinajstić information content (AvgIpc) is 2.66. The molecule has 1 amide bonds. The second-order valence-electron chi connectivity index (χ2n) is 4.41. The Morgan fingerprint density at radius 2 is 2.40 bits per heavy atom. The van der Waals surface area contributed by atoms with Crippen LogP contribution in [0.2, 0.25) is 0 Å². The zero-order valence-corrected chi connectivity index (χ0v) is 10.1. The van der Waals surface area contributed by atoms with Crippen LogP contribution in [0.25, 0.3) is 0 Å². The first-order valence-corrected chi connectivity index (χ1v) is 6.43. The summed E-state index contributed by atoms with van der Waals surface area (Å²) in [4.78, 5) is 13.1. The van der Waals surface area contributed by atoms with Crippen LogP contribution >= 0.6 is 11.3 Å². The fourth-order valence-electron chi connectivity index (χ4n) is 1.97. The summed E-state index contributed by atoms with van der Waals surface area (Å²) in [6, 6.07) is 2.42. The van der Waals surface area contributed by atoms with Crippen LogP contribution in [0.1, 0.15) is 43.2 Å². The van der Waals surface area contributed by atoms with Gasteiger partial charge in [0.15, 0.2) is 0 Å². The predicted molar refractivity (Wildman–Crippen MR) is 63.0 cm³/mol. The van der Waals surface area contributed by atoms with Gasteiger partial charge in [0, 0.05) is 10.8 Å². The van der Waals surface area contributed by atoms with Crippen molar-refractivity contribution in [2.45, 2.75) is 39.2 Å². The van der Waals surface area contributed by atoms with Crippen LogP contribution in [-0.2, 0) is 11.2 Å². The summed E-state index contributed by atoms with van der Waals surface area (Å²) in [5.41, 5.74) is 1.35. The van der Waals surface area contributed by atoms with Crippen molar-refractivity contribution in [2.24, 2.45) is 5.92 Å². The van der Waals surface area contributed by atoms with Crippen molar-refractivity contribution < 1.29 is 4.79 Å². The minimum Gasteiger partial charge on any atom is -0.349 e. The smallest absolute Gasteiger partial charge is 0.223 e. The third-order valence-corrected chi connectivity index (χ3v) is 3.89. The molecule has 2 nitrogen and oxygen atoms in total. The monoisotopic (exact) mass is 223 g/mol. The molecule has 0 fully saturated rings. The second-order valence-corrected chi connectivity index (χ2v) is 5.41. The Labute approximate surface area is 94.7 Å². The van der Waals surface area contributed by atoms with E-state index in [1.165, 1.54) is 23.3 Å². The maximum atomic E-state index is 11.6. The van der Waals surface area contributed by atoms with Crippen molar-refractivity contribution in [1.82, 2.24) is 5.32 Å². The summed E-state index contributed by atoms with van der Waals surface area (Å²) in [5.74, 6) is 0.244. The molecular formula is C12H17NOS. The SMILES string of the molecule is CC(C)C(=O)NC1CCCc2sccc21. The predicted octanol–water partition coefficient (Wildman–Crippen LogP) is 2.90. The van der Waals surface area contributed by atoms with Gasteiger partial charge in [0.1, 0.15) is 0 Å². The lowest BCUT2D eigenvalue weighted by atomic mass is 9.93. The van der Waals surface area contributed by atoms with Gasteiger partial charge in [0.05, 0.1) is 6.04 Å². The lowest BCUT2D eigenvalue weighted by Gasteiger charge is -2.24. The van der Waals surface area contributed by atoms with Crippen molar-refractivity contribution in [1.29, 1.82) is 0 Å². The van der Waals surface area contributed by atoms with Gasteiger partial charge in [-0.15, -0.1) is 11.3 Å². The lowest BCUT2D eigenvalue weighted by molar-refractivity contribution is -0.124. The molecule has 0 saturated heterocycles. The summed E-state index contributed by atoms with van der Waals surface area (Å²) in [7, 11) is 0. The molecule has 1 N–H and O–H groups in total. The highest BCUT2D eigenvalue weighted by atomic mass is 32.1. The van der Waals surface area contributed by atoms with Gasteiger partial charge in [-0.2, -0.15) is 0 Å². The van der Waals surface area contributed by atoms with E-state index < -0.39 is 0 Å². The molecule has 1 heterocycles. The van der Waals surface area contributed by atoms with E-state index in [1.807, 2.05) is 25.2 Å². The van der Waals surface area contributed by atoms with Gasteiger partial charge in [0.25, 0.3) is 0 Å². The number of aryl methyl sites for hydroxylation is 1. The number of nitrogens with one attached hydrogen (secondary N) is 1. The fraction of sp³-hybridized carbons (Fsp3) is 0.583. The van der Waals surface area contributed by atoms with Crippen molar-refractivity contribution >= 4 is 17.2 Å². The molecule has 0 bridgehead atoms. The number of thiophene rings is 1. The number of fused-ring (bicyclic) bond motifs is 1. The highest BCUT2D eigenvalue weighted by molar-refractivity contribution is 7.10. The average molecular weight is 223 g/mol. The first-order valence-electron chi connectivity index (χ1n) is 5.55. The Hall–Kier alpha value is -0.830. The van der Waals surface area contributed by atoms with Crippen molar-refractivity contribution in [3.63, 3.8) is 0 Å². The number of hydrogen-bond acceptors (Lipinski definition) is 2. The van der Waals surface area contributed by atoms with E-state index >= 15 is 0 Å². The van der Waals surface area contributed by atoms with Crippen LogP contribution in [0.3, 0.4) is 0 Å². The second kappa shape index (κ2) is 4.35. The molecule has 1 aromatic rings. The van der Waals surface area contributed by atoms with Gasteiger partial charge in [-0.3, -0.25) is 4.79 Å². The number of hydrogen-bond donors (Lipinski definition) is 1. The molecule has 3 heteroatoms. The summed E-state index contributed by atoms with van der Waals surface area (Å²) < 4.78 is 0. The molecule has 0 aliphatic heterocycles. The molecule has 1 atom stereocenters. The van der Waals surface area contributed by atoms with Crippen molar-refractivity contribution in [2.75, 3.05) is 0 Å². The van der Waals surface area contributed by atoms with Gasteiger partial charge in [-0.25, -0.2) is 0 Å². The summed E-state index contributed by atoms with van der Waals surface area (Å²) in [6.45, 7) is 3.87. The van der Waals surface area contributed by atoms with Crippen molar-refractivity contribution in [3.05, 3.63) is 21.9 Å². The van der Waals surface area contributed by atoms with Gasteiger partial charge >= 0.3 is 0 Å². The largest absolute Gasteiger partial charge is 0.349 e. The Morgan fingerprint density at radius 3 is 3.13 bits per heavy atom. The third kappa shape index (κ3) is 2.23. The van der Waals surface area contributed by atoms with Crippen LogP contribution in [0, 0.1) is 5.92 Å². The Kier molecular flexibility index (Phi) is 3.10. The van der Waals surface area contributed by atoms with E-state index in [0.29, 0.717) is 0 Å². The Bertz CT molecular complexity index is 356. The number of rotatable bonds is 2.